The first-order valence-corrected chi connectivity index (χ1v) is 12.5. The first-order chi connectivity index (χ1) is 19.3. The zero-order valence-corrected chi connectivity index (χ0v) is 23.0. The zero-order valence-electron chi connectivity index (χ0n) is 20.6. The second kappa shape index (κ2) is 11.6. The number of nitrogens with zero attached hydrogens (tertiary/aromatic N) is 2. The van der Waals surface area contributed by atoms with E-state index in [0.717, 1.165) is 12.1 Å². The van der Waals surface area contributed by atoms with E-state index in [0.29, 0.717) is 27.1 Å². The number of nitro groups is 1. The number of nitro benzene ring substituents is 1. The van der Waals surface area contributed by atoms with Crippen molar-refractivity contribution >= 4 is 62.8 Å². The summed E-state index contributed by atoms with van der Waals surface area (Å²) < 4.78 is 51.3. The Morgan fingerprint density at radius 3 is 2.39 bits per heavy atom. The van der Waals surface area contributed by atoms with Crippen LogP contribution < -0.4 is 19.7 Å². The number of barbiturate groups is 1. The number of carbonyl (C=O) groups is 3. The van der Waals surface area contributed by atoms with Crippen molar-refractivity contribution in [1.29, 1.82) is 0 Å². The van der Waals surface area contributed by atoms with Gasteiger partial charge in [0.05, 0.1) is 32.8 Å². The summed E-state index contributed by atoms with van der Waals surface area (Å²) in [5.74, 6) is -1.87. The number of methoxy groups -OCH3 is 1. The van der Waals surface area contributed by atoms with Gasteiger partial charge >= 0.3 is 12.2 Å². The van der Waals surface area contributed by atoms with Gasteiger partial charge in [0.25, 0.3) is 17.5 Å². The lowest BCUT2D eigenvalue weighted by Gasteiger charge is -2.27. The van der Waals surface area contributed by atoms with Crippen LogP contribution in [-0.4, -0.2) is 29.9 Å². The summed E-state index contributed by atoms with van der Waals surface area (Å²) in [5.41, 5.74) is -1.50. The van der Waals surface area contributed by atoms with Crippen molar-refractivity contribution in [3.8, 4) is 11.5 Å². The van der Waals surface area contributed by atoms with Crippen molar-refractivity contribution in [2.24, 2.45) is 0 Å². The van der Waals surface area contributed by atoms with E-state index in [1.54, 1.807) is 0 Å². The summed E-state index contributed by atoms with van der Waals surface area (Å²) in [4.78, 5) is 48.9. The number of hydrogen-bond acceptors (Lipinski definition) is 7. The number of halogens is 5. The zero-order chi connectivity index (χ0) is 30.1. The molecule has 1 N–H and O–H groups in total. The predicted octanol–water partition coefficient (Wildman–Crippen LogP) is 6.28. The number of ether oxygens (including phenoxy) is 2. The molecule has 4 amide bonds. The Morgan fingerprint density at radius 1 is 1.10 bits per heavy atom. The summed E-state index contributed by atoms with van der Waals surface area (Å²) in [6, 6.07) is 9.42. The summed E-state index contributed by atoms with van der Waals surface area (Å²) >= 11 is 9.35. The highest BCUT2D eigenvalue weighted by atomic mass is 79.9. The Kier molecular flexibility index (Phi) is 8.35. The lowest BCUT2D eigenvalue weighted by molar-refractivity contribution is -0.384. The Morgan fingerprint density at radius 2 is 1.78 bits per heavy atom. The maximum Gasteiger partial charge on any atom is 0.416 e. The number of urea groups is 1. The number of amides is 4. The third-order valence-electron chi connectivity index (χ3n) is 5.71. The molecule has 10 nitrogen and oxygen atoms in total. The molecule has 4 rings (SSSR count). The van der Waals surface area contributed by atoms with E-state index in [1.165, 1.54) is 43.5 Å². The monoisotopic (exact) mass is 653 g/mol. The molecule has 3 aromatic rings. The molecule has 212 valence electrons. The van der Waals surface area contributed by atoms with Gasteiger partial charge in [-0.15, -0.1) is 0 Å². The van der Waals surface area contributed by atoms with Gasteiger partial charge in [0.15, 0.2) is 11.5 Å². The summed E-state index contributed by atoms with van der Waals surface area (Å²) in [7, 11) is 1.34. The molecule has 15 heteroatoms. The molecule has 0 atom stereocenters. The predicted molar refractivity (Wildman–Crippen MR) is 144 cm³/mol. The van der Waals surface area contributed by atoms with Crippen LogP contribution in [0.1, 0.15) is 16.7 Å². The van der Waals surface area contributed by atoms with E-state index in [-0.39, 0.29) is 34.4 Å². The fraction of sp³-hybridized carbons (Fsp3) is 0.115. The van der Waals surface area contributed by atoms with Crippen LogP contribution in [0.15, 0.2) is 64.6 Å². The molecular weight excluding hydrogens is 639 g/mol. The molecule has 0 spiro atoms. The molecule has 1 aliphatic rings. The number of imide groups is 2. The molecular formula is C26H16BrClF3N3O7. The van der Waals surface area contributed by atoms with Gasteiger partial charge in [0.2, 0.25) is 0 Å². The fourth-order valence-corrected chi connectivity index (χ4v) is 4.51. The average Bonchev–Trinajstić information content (AvgIpc) is 2.90. The van der Waals surface area contributed by atoms with Gasteiger partial charge in [-0.1, -0.05) is 11.6 Å². The fourth-order valence-electron chi connectivity index (χ4n) is 3.74. The molecule has 1 saturated heterocycles. The maximum absolute atomic E-state index is 13.3. The van der Waals surface area contributed by atoms with Crippen molar-refractivity contribution in [2.75, 3.05) is 12.0 Å². The number of non-ortho nitro benzene ring substituents is 1. The lowest BCUT2D eigenvalue weighted by Crippen LogP contribution is -2.54. The molecule has 1 aliphatic heterocycles. The van der Waals surface area contributed by atoms with Gasteiger partial charge in [-0.25, -0.2) is 9.69 Å². The highest BCUT2D eigenvalue weighted by Gasteiger charge is 2.39. The molecule has 0 radical (unpaired) electrons. The maximum atomic E-state index is 13.3. The van der Waals surface area contributed by atoms with Crippen LogP contribution in [0.4, 0.5) is 29.3 Å². The van der Waals surface area contributed by atoms with Crippen LogP contribution in [-0.2, 0) is 22.4 Å². The van der Waals surface area contributed by atoms with E-state index in [9.17, 15) is 37.7 Å². The van der Waals surface area contributed by atoms with E-state index in [4.69, 9.17) is 21.1 Å². The molecule has 0 aliphatic carbocycles. The van der Waals surface area contributed by atoms with Crippen molar-refractivity contribution < 1.29 is 42.0 Å². The van der Waals surface area contributed by atoms with E-state index < -0.39 is 45.8 Å². The highest BCUT2D eigenvalue weighted by Crippen LogP contribution is 2.39. The Hall–Kier alpha value is -4.43. The normalized spacial score (nSPS) is 14.7. The van der Waals surface area contributed by atoms with E-state index in [1.807, 2.05) is 5.32 Å². The number of anilines is 1. The number of alkyl halides is 3. The molecule has 0 saturated carbocycles. The van der Waals surface area contributed by atoms with Crippen LogP contribution in [0.3, 0.4) is 0 Å². The van der Waals surface area contributed by atoms with E-state index in [2.05, 4.69) is 15.9 Å². The first-order valence-electron chi connectivity index (χ1n) is 11.3. The molecule has 0 aromatic heterocycles. The van der Waals surface area contributed by atoms with Crippen LogP contribution in [0, 0.1) is 10.1 Å². The molecule has 41 heavy (non-hydrogen) atoms. The van der Waals surface area contributed by atoms with E-state index >= 15 is 0 Å². The quantitative estimate of drug-likeness (QED) is 0.137. The second-order valence-electron chi connectivity index (χ2n) is 8.37. The molecule has 1 fully saturated rings. The van der Waals surface area contributed by atoms with Crippen molar-refractivity contribution in [3.05, 3.63) is 96.5 Å². The van der Waals surface area contributed by atoms with Gasteiger partial charge in [-0.05, 0) is 75.6 Å². The third-order valence-corrected chi connectivity index (χ3v) is 6.62. The first kappa shape index (κ1) is 29.6. The van der Waals surface area contributed by atoms with Crippen molar-refractivity contribution in [3.63, 3.8) is 0 Å². The molecule has 1 heterocycles. The Bertz CT molecular complexity index is 1610. The molecule has 0 bridgehead atoms. The van der Waals surface area contributed by atoms with Gasteiger partial charge < -0.3 is 9.47 Å². The molecule has 3 aromatic carbocycles. The number of nitrogens with one attached hydrogen (secondary N) is 1. The number of hydrogen-bond donors (Lipinski definition) is 1. The summed E-state index contributed by atoms with van der Waals surface area (Å²) in [6.45, 7) is 0.0170. The smallest absolute Gasteiger partial charge is 0.416 e. The lowest BCUT2D eigenvalue weighted by atomic mass is 10.1. The van der Waals surface area contributed by atoms with Crippen LogP contribution in [0.5, 0.6) is 11.5 Å². The van der Waals surface area contributed by atoms with Gasteiger partial charge in [-0.3, -0.25) is 25.0 Å². The van der Waals surface area contributed by atoms with Gasteiger partial charge in [-0.2, -0.15) is 13.2 Å². The Balaban J connectivity index is 1.65. The number of benzene rings is 3. The van der Waals surface area contributed by atoms with Crippen molar-refractivity contribution in [2.45, 2.75) is 12.8 Å². The minimum Gasteiger partial charge on any atom is -0.493 e. The minimum atomic E-state index is -4.78. The molecule has 0 unspecified atom stereocenters. The Labute approximate surface area is 242 Å². The van der Waals surface area contributed by atoms with Gasteiger partial charge in [0, 0.05) is 12.1 Å². The van der Waals surface area contributed by atoms with Gasteiger partial charge in [0.1, 0.15) is 12.2 Å². The second-order valence-corrected chi connectivity index (χ2v) is 9.63. The van der Waals surface area contributed by atoms with Crippen LogP contribution >= 0.6 is 27.5 Å². The van der Waals surface area contributed by atoms with Crippen molar-refractivity contribution in [1.82, 2.24) is 5.32 Å². The third kappa shape index (κ3) is 6.33. The summed E-state index contributed by atoms with van der Waals surface area (Å²) in [6.07, 6.45) is -3.67. The largest absolute Gasteiger partial charge is 0.493 e. The highest BCUT2D eigenvalue weighted by molar-refractivity contribution is 9.10. The van der Waals surface area contributed by atoms with Crippen LogP contribution in [0.25, 0.3) is 6.08 Å². The van der Waals surface area contributed by atoms with Crippen LogP contribution in [0.2, 0.25) is 5.02 Å². The summed E-state index contributed by atoms with van der Waals surface area (Å²) in [5, 5.41) is 12.4. The number of rotatable bonds is 7. The topological polar surface area (TPSA) is 128 Å². The minimum absolute atomic E-state index is 0.0170. The average molecular weight is 655 g/mol. The standard InChI is InChI=1S/C26H16BrClF3N3O7/c1-40-21-10-14(9-18(27)22(21)41-12-13-2-5-16(6-3-13)34(38)39)8-17-23(35)32-25(37)33(24(17)36)20-11-15(26(29,30)31)4-7-19(20)28/h2-11H,12H2,1H3,(H,32,35,37)/b17-8+. The number of carbonyl (C=O) groups excluding carboxylic acids is 3. The SMILES string of the molecule is COc1cc(/C=C2\C(=O)NC(=O)N(c3cc(C(F)(F)F)ccc3Cl)C2=O)cc(Br)c1OCc1ccc([N+](=O)[O-])cc1.